The highest BCUT2D eigenvalue weighted by Crippen LogP contribution is 2.50. The number of nitrogens with one attached hydrogen (secondary N) is 1. The molecule has 0 saturated heterocycles. The maximum Gasteiger partial charge on any atom is 0.411 e. The van der Waals surface area contributed by atoms with E-state index in [-0.39, 0.29) is 24.7 Å². The molecule has 1 N–H and O–H groups in total. The van der Waals surface area contributed by atoms with Gasteiger partial charge in [-0.05, 0) is 28.8 Å². The number of aromatic nitrogens is 2. The fraction of sp³-hybridized carbons (Fsp3) is 0.556. The van der Waals surface area contributed by atoms with Gasteiger partial charge in [0.05, 0.1) is 17.8 Å². The van der Waals surface area contributed by atoms with Crippen LogP contribution in [0.15, 0.2) is 10.7 Å². The Labute approximate surface area is 104 Å². The summed E-state index contributed by atoms with van der Waals surface area (Å²) in [5, 5.41) is 2.32. The molecule has 94 valence electrons. The Bertz CT molecular complexity index is 434. The number of nitrogens with zero attached hydrogens (tertiary/aromatic N) is 2. The number of alkyl halides is 3. The minimum absolute atomic E-state index is 0.0399. The van der Waals surface area contributed by atoms with Crippen molar-refractivity contribution >= 4 is 21.9 Å². The highest BCUT2D eigenvalue weighted by atomic mass is 79.9. The molecule has 0 bridgehead atoms. The molecule has 4 nitrogen and oxygen atoms in total. The van der Waals surface area contributed by atoms with Gasteiger partial charge in [0.1, 0.15) is 5.54 Å². The van der Waals surface area contributed by atoms with Gasteiger partial charge in [-0.25, -0.2) is 4.98 Å². The van der Waals surface area contributed by atoms with Crippen molar-refractivity contribution in [1.82, 2.24) is 9.97 Å². The lowest BCUT2D eigenvalue weighted by atomic mass is 10.2. The quantitative estimate of drug-likeness (QED) is 0.932. The lowest BCUT2D eigenvalue weighted by Crippen LogP contribution is -2.39. The molecule has 1 aromatic rings. The van der Waals surface area contributed by atoms with Gasteiger partial charge in [0, 0.05) is 0 Å². The van der Waals surface area contributed by atoms with Crippen LogP contribution >= 0.6 is 15.9 Å². The summed E-state index contributed by atoms with van der Waals surface area (Å²) in [6, 6.07) is 0. The molecule has 0 spiro atoms. The first kappa shape index (κ1) is 12.4. The van der Waals surface area contributed by atoms with Crippen LogP contribution in [0.3, 0.4) is 0 Å². The van der Waals surface area contributed by atoms with Gasteiger partial charge in [-0.15, -0.1) is 0 Å². The molecule has 0 amide bonds. The molecule has 0 unspecified atom stereocenters. The molecule has 0 radical (unpaired) electrons. The predicted octanol–water partition coefficient (Wildman–Crippen LogP) is 2.75. The van der Waals surface area contributed by atoms with Crippen LogP contribution < -0.4 is 10.1 Å². The molecule has 1 fully saturated rings. The molecule has 2 rings (SSSR count). The number of halogens is 4. The molecule has 0 aliphatic heterocycles. The predicted molar refractivity (Wildman–Crippen MR) is 57.9 cm³/mol. The zero-order chi connectivity index (χ0) is 12.7. The van der Waals surface area contributed by atoms with Gasteiger partial charge in [0.2, 0.25) is 11.8 Å². The second kappa shape index (κ2) is 4.01. The Morgan fingerprint density at radius 2 is 2.12 bits per heavy atom. The monoisotopic (exact) mass is 311 g/mol. The van der Waals surface area contributed by atoms with Crippen molar-refractivity contribution in [1.29, 1.82) is 0 Å². The maximum atomic E-state index is 12.7. The normalized spacial score (nSPS) is 17.7. The van der Waals surface area contributed by atoms with Gasteiger partial charge in [-0.3, -0.25) is 0 Å². The van der Waals surface area contributed by atoms with Crippen LogP contribution in [-0.4, -0.2) is 28.8 Å². The Morgan fingerprint density at radius 1 is 1.47 bits per heavy atom. The highest BCUT2D eigenvalue weighted by Gasteiger charge is 2.64. The van der Waals surface area contributed by atoms with E-state index in [4.69, 9.17) is 4.74 Å². The second-order valence-corrected chi connectivity index (χ2v) is 4.61. The van der Waals surface area contributed by atoms with Crippen molar-refractivity contribution in [2.24, 2.45) is 0 Å². The first-order valence-electron chi connectivity index (χ1n) is 4.79. The van der Waals surface area contributed by atoms with Crippen molar-refractivity contribution in [3.8, 4) is 5.88 Å². The van der Waals surface area contributed by atoms with Crippen LogP contribution in [0.4, 0.5) is 19.1 Å². The van der Waals surface area contributed by atoms with E-state index in [1.807, 2.05) is 0 Å². The van der Waals surface area contributed by atoms with Gasteiger partial charge < -0.3 is 10.1 Å². The van der Waals surface area contributed by atoms with Crippen molar-refractivity contribution < 1.29 is 17.9 Å². The molecule has 1 aliphatic carbocycles. The fourth-order valence-electron chi connectivity index (χ4n) is 1.37. The minimum Gasteiger partial charge on any atom is -0.480 e. The first-order valence-corrected chi connectivity index (χ1v) is 5.59. The van der Waals surface area contributed by atoms with Gasteiger partial charge >= 0.3 is 6.18 Å². The summed E-state index contributed by atoms with van der Waals surface area (Å²) in [4.78, 5) is 7.61. The van der Waals surface area contributed by atoms with Gasteiger partial charge in [-0.1, -0.05) is 0 Å². The lowest BCUT2D eigenvalue weighted by molar-refractivity contribution is -0.151. The largest absolute Gasteiger partial charge is 0.480 e. The Morgan fingerprint density at radius 3 is 2.59 bits per heavy atom. The average Bonchev–Trinajstić information content (AvgIpc) is 3.01. The topological polar surface area (TPSA) is 47.0 Å². The van der Waals surface area contributed by atoms with Crippen molar-refractivity contribution in [3.05, 3.63) is 10.7 Å². The zero-order valence-corrected chi connectivity index (χ0v) is 10.4. The van der Waals surface area contributed by atoms with E-state index in [1.165, 1.54) is 13.3 Å². The third-order valence-corrected chi connectivity index (χ3v) is 3.09. The molecule has 0 atom stereocenters. The van der Waals surface area contributed by atoms with E-state index >= 15 is 0 Å². The number of hydrogen-bond donors (Lipinski definition) is 1. The van der Waals surface area contributed by atoms with E-state index in [2.05, 4.69) is 31.2 Å². The lowest BCUT2D eigenvalue weighted by Gasteiger charge is -2.20. The molecule has 0 aromatic carbocycles. The molecule has 1 heterocycles. The van der Waals surface area contributed by atoms with Crippen molar-refractivity contribution in [2.45, 2.75) is 24.6 Å². The van der Waals surface area contributed by atoms with Crippen LogP contribution in [0.1, 0.15) is 12.8 Å². The number of hydrogen-bond acceptors (Lipinski definition) is 4. The van der Waals surface area contributed by atoms with Gasteiger partial charge in [0.15, 0.2) is 0 Å². The molecule has 1 aromatic heterocycles. The van der Waals surface area contributed by atoms with E-state index in [0.29, 0.717) is 4.47 Å². The average molecular weight is 312 g/mol. The van der Waals surface area contributed by atoms with E-state index in [9.17, 15) is 13.2 Å². The second-order valence-electron chi connectivity index (χ2n) is 3.76. The van der Waals surface area contributed by atoms with E-state index in [1.54, 1.807) is 0 Å². The van der Waals surface area contributed by atoms with Gasteiger partial charge in [-0.2, -0.15) is 18.2 Å². The third-order valence-electron chi connectivity index (χ3n) is 2.55. The maximum absolute atomic E-state index is 12.7. The van der Waals surface area contributed by atoms with E-state index in [0.717, 1.165) is 0 Å². The standard InChI is InChI=1S/C9H9BrF3N3O/c1-17-6-5(10)4-14-7(15-6)16-8(2-3-8)9(11,12)13/h4H,2-3H2,1H3,(H,14,15,16). The number of ether oxygens (including phenoxy) is 1. The highest BCUT2D eigenvalue weighted by molar-refractivity contribution is 9.10. The molecular formula is C9H9BrF3N3O. The minimum atomic E-state index is -4.29. The summed E-state index contributed by atoms with van der Waals surface area (Å²) in [6.07, 6.45) is -2.87. The zero-order valence-electron chi connectivity index (χ0n) is 8.81. The number of rotatable bonds is 3. The van der Waals surface area contributed by atoms with Crippen LogP contribution in [0.25, 0.3) is 0 Å². The van der Waals surface area contributed by atoms with Crippen molar-refractivity contribution in [2.75, 3.05) is 12.4 Å². The number of anilines is 1. The number of methoxy groups -OCH3 is 1. The van der Waals surface area contributed by atoms with Gasteiger partial charge in [0.25, 0.3) is 0 Å². The summed E-state index contributed by atoms with van der Waals surface area (Å²) in [6.45, 7) is 0. The molecule has 1 aliphatic rings. The summed E-state index contributed by atoms with van der Waals surface area (Å²) < 4.78 is 43.4. The summed E-state index contributed by atoms with van der Waals surface area (Å²) in [5.74, 6) is 0.111. The van der Waals surface area contributed by atoms with Crippen LogP contribution in [0.2, 0.25) is 0 Å². The Balaban J connectivity index is 2.20. The molecule has 17 heavy (non-hydrogen) atoms. The molecular weight excluding hydrogens is 303 g/mol. The SMILES string of the molecule is COc1nc(NC2(C(F)(F)F)CC2)ncc1Br. The third kappa shape index (κ3) is 2.31. The Kier molecular flexibility index (Phi) is 2.92. The summed E-state index contributed by atoms with van der Waals surface area (Å²) >= 11 is 3.13. The van der Waals surface area contributed by atoms with Crippen molar-refractivity contribution in [3.63, 3.8) is 0 Å². The van der Waals surface area contributed by atoms with Crippen LogP contribution in [0, 0.1) is 0 Å². The smallest absolute Gasteiger partial charge is 0.411 e. The summed E-state index contributed by atoms with van der Waals surface area (Å²) in [5.41, 5.74) is -1.87. The fourth-order valence-corrected chi connectivity index (χ4v) is 1.73. The molecule has 1 saturated carbocycles. The summed E-state index contributed by atoms with van der Waals surface area (Å²) in [7, 11) is 1.38. The van der Waals surface area contributed by atoms with Crippen LogP contribution in [0.5, 0.6) is 5.88 Å². The Hall–Kier alpha value is -1.05. The molecule has 8 heteroatoms. The first-order chi connectivity index (χ1) is 7.88. The van der Waals surface area contributed by atoms with Crippen LogP contribution in [-0.2, 0) is 0 Å². The van der Waals surface area contributed by atoms with E-state index < -0.39 is 11.7 Å².